The van der Waals surface area contributed by atoms with Crippen LogP contribution in [0.25, 0.3) is 0 Å². The summed E-state index contributed by atoms with van der Waals surface area (Å²) in [7, 11) is 0. The molecule has 1 unspecified atom stereocenters. The van der Waals surface area contributed by atoms with Crippen LogP contribution in [-0.4, -0.2) is 17.5 Å². The second-order valence-corrected chi connectivity index (χ2v) is 4.16. The van der Waals surface area contributed by atoms with Crippen LogP contribution in [0.15, 0.2) is 24.3 Å². The molecule has 1 fully saturated rings. The van der Waals surface area contributed by atoms with Crippen LogP contribution in [0, 0.1) is 0 Å². The highest BCUT2D eigenvalue weighted by atomic mass is 15.2. The summed E-state index contributed by atoms with van der Waals surface area (Å²) < 4.78 is 0. The smallest absolute Gasteiger partial charge is 0.0359 e. The molecule has 2 N–H and O–H groups in total. The quantitative estimate of drug-likeness (QED) is 0.725. The highest BCUT2D eigenvalue weighted by Crippen LogP contribution is 2.21. The zero-order valence-corrected chi connectivity index (χ0v) is 8.74. The van der Waals surface area contributed by atoms with Gasteiger partial charge in [0.25, 0.3) is 0 Å². The Morgan fingerprint density at radius 2 is 2.21 bits per heavy atom. The molecule has 1 aliphatic rings. The average Bonchev–Trinajstić information content (AvgIpc) is 2.56. The number of nitrogens with two attached hydrogens (primary N) is 1. The maximum Gasteiger partial charge on any atom is 0.0359 e. The van der Waals surface area contributed by atoms with Crippen LogP contribution in [-0.2, 0) is 6.54 Å². The van der Waals surface area contributed by atoms with Crippen molar-refractivity contribution < 1.29 is 0 Å². The summed E-state index contributed by atoms with van der Waals surface area (Å²) in [6, 6.07) is 8.88. The van der Waals surface area contributed by atoms with E-state index in [2.05, 4.69) is 24.0 Å². The summed E-state index contributed by atoms with van der Waals surface area (Å²) >= 11 is 0. The third-order valence-corrected chi connectivity index (χ3v) is 3.12. The lowest BCUT2D eigenvalue weighted by atomic mass is 10.1. The molecule has 76 valence electrons. The minimum absolute atomic E-state index is 0.717. The summed E-state index contributed by atoms with van der Waals surface area (Å²) in [4.78, 5) is 2.51. The van der Waals surface area contributed by atoms with Crippen LogP contribution >= 0.6 is 0 Å². The van der Waals surface area contributed by atoms with E-state index in [-0.39, 0.29) is 0 Å². The first kappa shape index (κ1) is 9.53. The highest BCUT2D eigenvalue weighted by molar-refractivity contribution is 5.46. The van der Waals surface area contributed by atoms with Crippen LogP contribution in [0.4, 0.5) is 5.69 Å². The van der Waals surface area contributed by atoms with Crippen LogP contribution in [0.1, 0.15) is 25.3 Å². The number of nitrogens with zero attached hydrogens (tertiary/aromatic N) is 1. The largest absolute Gasteiger partial charge is 0.398 e. The maximum absolute atomic E-state index is 5.92. The number of hydrogen-bond acceptors (Lipinski definition) is 2. The fourth-order valence-corrected chi connectivity index (χ4v) is 2.12. The number of anilines is 1. The van der Waals surface area contributed by atoms with Crippen molar-refractivity contribution in [2.45, 2.75) is 32.4 Å². The van der Waals surface area contributed by atoms with Crippen molar-refractivity contribution in [3.8, 4) is 0 Å². The molecule has 1 aromatic carbocycles. The monoisotopic (exact) mass is 190 g/mol. The van der Waals surface area contributed by atoms with Gasteiger partial charge in [-0.3, -0.25) is 4.90 Å². The van der Waals surface area contributed by atoms with Gasteiger partial charge in [0, 0.05) is 18.3 Å². The molecule has 0 radical (unpaired) electrons. The lowest BCUT2D eigenvalue weighted by Crippen LogP contribution is -2.26. The molecule has 1 aliphatic heterocycles. The highest BCUT2D eigenvalue weighted by Gasteiger charge is 2.20. The van der Waals surface area contributed by atoms with Gasteiger partial charge < -0.3 is 5.73 Å². The third kappa shape index (κ3) is 1.90. The Hall–Kier alpha value is -1.02. The summed E-state index contributed by atoms with van der Waals surface area (Å²) in [5.74, 6) is 0. The van der Waals surface area contributed by atoms with Gasteiger partial charge >= 0.3 is 0 Å². The molecule has 1 atom stereocenters. The molecular weight excluding hydrogens is 172 g/mol. The second kappa shape index (κ2) is 4.01. The second-order valence-electron chi connectivity index (χ2n) is 4.16. The van der Waals surface area contributed by atoms with Crippen LogP contribution in [0.3, 0.4) is 0 Å². The molecule has 0 amide bonds. The van der Waals surface area contributed by atoms with Gasteiger partial charge in [0.2, 0.25) is 0 Å². The molecule has 0 saturated carbocycles. The van der Waals surface area contributed by atoms with Gasteiger partial charge in [0.05, 0.1) is 0 Å². The molecule has 2 heteroatoms. The minimum Gasteiger partial charge on any atom is -0.398 e. The first-order chi connectivity index (χ1) is 6.77. The van der Waals surface area contributed by atoms with Crippen molar-refractivity contribution in [2.24, 2.45) is 0 Å². The molecule has 2 nitrogen and oxygen atoms in total. The van der Waals surface area contributed by atoms with Gasteiger partial charge in [-0.15, -0.1) is 0 Å². The van der Waals surface area contributed by atoms with E-state index >= 15 is 0 Å². The average molecular weight is 190 g/mol. The van der Waals surface area contributed by atoms with E-state index in [4.69, 9.17) is 5.73 Å². The Morgan fingerprint density at radius 3 is 2.86 bits per heavy atom. The Labute approximate surface area is 85.7 Å². The zero-order valence-electron chi connectivity index (χ0n) is 8.74. The fraction of sp³-hybridized carbons (Fsp3) is 0.500. The van der Waals surface area contributed by atoms with Crippen molar-refractivity contribution >= 4 is 5.69 Å². The molecule has 0 spiro atoms. The van der Waals surface area contributed by atoms with Gasteiger partial charge in [0.1, 0.15) is 0 Å². The molecule has 0 aromatic heterocycles. The van der Waals surface area contributed by atoms with Gasteiger partial charge in [0.15, 0.2) is 0 Å². The lowest BCUT2D eigenvalue weighted by molar-refractivity contribution is 0.261. The van der Waals surface area contributed by atoms with E-state index in [0.29, 0.717) is 0 Å². The molecule has 2 rings (SSSR count). The Balaban J connectivity index is 2.07. The molecule has 1 saturated heterocycles. The van der Waals surface area contributed by atoms with Gasteiger partial charge in [-0.2, -0.15) is 0 Å². The Morgan fingerprint density at radius 1 is 1.43 bits per heavy atom. The molecule has 0 bridgehead atoms. The molecular formula is C12H18N2. The molecule has 1 heterocycles. The van der Waals surface area contributed by atoms with Crippen LogP contribution < -0.4 is 5.73 Å². The number of hydrogen-bond donors (Lipinski definition) is 1. The topological polar surface area (TPSA) is 29.3 Å². The van der Waals surface area contributed by atoms with Crippen molar-refractivity contribution in [2.75, 3.05) is 12.3 Å². The number of benzene rings is 1. The van der Waals surface area contributed by atoms with E-state index in [9.17, 15) is 0 Å². The Bertz CT molecular complexity index is 309. The number of likely N-dealkylation sites (tertiary alicyclic amines) is 1. The summed E-state index contributed by atoms with van der Waals surface area (Å²) in [5, 5.41) is 0. The minimum atomic E-state index is 0.717. The third-order valence-electron chi connectivity index (χ3n) is 3.12. The maximum atomic E-state index is 5.92. The number of para-hydroxylation sites is 1. The van der Waals surface area contributed by atoms with Gasteiger partial charge in [-0.05, 0) is 37.9 Å². The number of rotatable bonds is 2. The fourth-order valence-electron chi connectivity index (χ4n) is 2.12. The van der Waals surface area contributed by atoms with Crippen LogP contribution in [0.5, 0.6) is 0 Å². The molecule has 1 aromatic rings. The zero-order chi connectivity index (χ0) is 9.97. The summed E-state index contributed by atoms with van der Waals surface area (Å²) in [5.41, 5.74) is 8.11. The van der Waals surface area contributed by atoms with E-state index in [1.54, 1.807) is 0 Å². The summed E-state index contributed by atoms with van der Waals surface area (Å²) in [6.07, 6.45) is 2.65. The normalized spacial score (nSPS) is 22.8. The van der Waals surface area contributed by atoms with Crippen molar-refractivity contribution in [1.82, 2.24) is 4.90 Å². The van der Waals surface area contributed by atoms with E-state index in [0.717, 1.165) is 18.3 Å². The summed E-state index contributed by atoms with van der Waals surface area (Å²) in [6.45, 7) is 4.52. The van der Waals surface area contributed by atoms with Crippen molar-refractivity contribution in [3.05, 3.63) is 29.8 Å². The first-order valence-electron chi connectivity index (χ1n) is 5.35. The van der Waals surface area contributed by atoms with E-state index in [1.165, 1.54) is 24.9 Å². The van der Waals surface area contributed by atoms with Gasteiger partial charge in [-0.25, -0.2) is 0 Å². The predicted octanol–water partition coefficient (Wildman–Crippen LogP) is 2.25. The van der Waals surface area contributed by atoms with Crippen molar-refractivity contribution in [1.29, 1.82) is 0 Å². The van der Waals surface area contributed by atoms with Crippen molar-refractivity contribution in [3.63, 3.8) is 0 Å². The standard InChI is InChI=1S/C12H18N2/c1-10-5-4-8-14(10)9-11-6-2-3-7-12(11)13/h2-3,6-7,10H,4-5,8-9,13H2,1H3. The Kier molecular flexibility index (Phi) is 2.73. The predicted molar refractivity (Wildman–Crippen MR) is 60.0 cm³/mol. The number of nitrogen functional groups attached to an aromatic ring is 1. The SMILES string of the molecule is CC1CCCN1Cc1ccccc1N. The lowest BCUT2D eigenvalue weighted by Gasteiger charge is -2.21. The van der Waals surface area contributed by atoms with E-state index < -0.39 is 0 Å². The molecule has 0 aliphatic carbocycles. The first-order valence-corrected chi connectivity index (χ1v) is 5.35. The van der Waals surface area contributed by atoms with Crippen LogP contribution in [0.2, 0.25) is 0 Å². The van der Waals surface area contributed by atoms with E-state index in [1.807, 2.05) is 12.1 Å². The van der Waals surface area contributed by atoms with Gasteiger partial charge in [-0.1, -0.05) is 18.2 Å². The molecule has 14 heavy (non-hydrogen) atoms.